The van der Waals surface area contributed by atoms with Crippen molar-refractivity contribution in [3.8, 4) is 5.75 Å². The summed E-state index contributed by atoms with van der Waals surface area (Å²) < 4.78 is 10.3. The highest BCUT2D eigenvalue weighted by atomic mass is 16.6. The Kier molecular flexibility index (Phi) is 7.70. The van der Waals surface area contributed by atoms with Crippen LogP contribution in [0.4, 0.5) is 4.79 Å². The number of carboxylic acids is 1. The van der Waals surface area contributed by atoms with Crippen LogP contribution < -0.4 is 15.8 Å². The van der Waals surface area contributed by atoms with Gasteiger partial charge in [0, 0.05) is 6.42 Å². The first-order valence-corrected chi connectivity index (χ1v) is 7.90. The molecule has 0 aliphatic carbocycles. The van der Waals surface area contributed by atoms with Crippen molar-refractivity contribution in [2.45, 2.75) is 38.8 Å². The van der Waals surface area contributed by atoms with Gasteiger partial charge >= 0.3 is 12.1 Å². The Morgan fingerprint density at radius 2 is 1.88 bits per heavy atom. The molecule has 0 radical (unpaired) electrons. The number of rotatable bonds is 8. The number of aliphatic carboxylic acids is 1. The summed E-state index contributed by atoms with van der Waals surface area (Å²) in [6, 6.07) is 6.43. The number of hydrogen-bond donors (Lipinski definition) is 3. The molecule has 0 bridgehead atoms. The van der Waals surface area contributed by atoms with E-state index in [-0.39, 0.29) is 5.84 Å². The van der Waals surface area contributed by atoms with E-state index in [1.807, 2.05) is 12.1 Å². The molecule has 0 aliphatic rings. The summed E-state index contributed by atoms with van der Waals surface area (Å²) in [6.45, 7) is 4.57. The Balaban J connectivity index is 2.88. The van der Waals surface area contributed by atoms with Crippen LogP contribution >= 0.6 is 0 Å². The quantitative estimate of drug-likeness (QED) is 0.360. The number of ether oxygens (including phenoxy) is 2. The second-order valence-electron chi connectivity index (χ2n) is 6.43. The maximum absolute atomic E-state index is 12.0. The molecule has 9 nitrogen and oxygen atoms in total. The molecule has 0 aliphatic heterocycles. The number of amidine groups is 1. The lowest BCUT2D eigenvalue weighted by atomic mass is 10.1. The monoisotopic (exact) mass is 367 g/mol. The third-order valence-corrected chi connectivity index (χ3v) is 3.00. The highest BCUT2D eigenvalue weighted by Crippen LogP contribution is 2.13. The fourth-order valence-electron chi connectivity index (χ4n) is 1.90. The van der Waals surface area contributed by atoms with E-state index in [1.165, 1.54) is 0 Å². The normalized spacial score (nSPS) is 12.8. The van der Waals surface area contributed by atoms with Crippen molar-refractivity contribution in [1.29, 1.82) is 0 Å². The maximum atomic E-state index is 12.0. The molecule has 0 fully saturated rings. The standard InChI is InChI=1S/C17H25N3O6/c1-17(2,3)26-16(23)19-13(15(18)20-25-10-14(21)22)9-11-5-7-12(24-4)8-6-11/h5-8,13H,9-10H2,1-4H3,(H2,18,20)(H,19,23)(H,21,22)/t13-/m0/s1. The largest absolute Gasteiger partial charge is 0.497 e. The minimum atomic E-state index is -1.19. The van der Waals surface area contributed by atoms with Gasteiger partial charge in [-0.3, -0.25) is 0 Å². The van der Waals surface area contributed by atoms with E-state index < -0.39 is 30.3 Å². The van der Waals surface area contributed by atoms with Crippen LogP contribution in [-0.4, -0.2) is 48.4 Å². The Hall–Kier alpha value is -2.97. The summed E-state index contributed by atoms with van der Waals surface area (Å²) in [6.07, 6.45) is -0.373. The molecule has 0 saturated carbocycles. The first-order valence-electron chi connectivity index (χ1n) is 7.90. The third-order valence-electron chi connectivity index (χ3n) is 3.00. The molecule has 1 rings (SSSR count). The number of nitrogens with zero attached hydrogens (tertiary/aromatic N) is 1. The Morgan fingerprint density at radius 1 is 1.27 bits per heavy atom. The van der Waals surface area contributed by atoms with Crippen LogP contribution in [-0.2, 0) is 20.8 Å². The molecule has 0 aromatic heterocycles. The molecule has 0 heterocycles. The van der Waals surface area contributed by atoms with E-state index in [0.29, 0.717) is 12.2 Å². The number of carbonyl (C=O) groups is 2. The van der Waals surface area contributed by atoms with Gasteiger partial charge in [0.1, 0.15) is 11.4 Å². The summed E-state index contributed by atoms with van der Waals surface area (Å²) in [5.74, 6) is -0.571. The molecular formula is C17H25N3O6. The van der Waals surface area contributed by atoms with Crippen molar-refractivity contribution in [2.75, 3.05) is 13.7 Å². The van der Waals surface area contributed by atoms with Crippen molar-refractivity contribution in [2.24, 2.45) is 10.9 Å². The zero-order chi connectivity index (χ0) is 19.7. The van der Waals surface area contributed by atoms with E-state index in [9.17, 15) is 9.59 Å². The minimum Gasteiger partial charge on any atom is -0.497 e. The number of alkyl carbamates (subject to hydrolysis) is 1. The van der Waals surface area contributed by atoms with E-state index in [4.69, 9.17) is 20.3 Å². The lowest BCUT2D eigenvalue weighted by Gasteiger charge is -2.23. The number of nitrogens with one attached hydrogen (secondary N) is 1. The molecule has 0 spiro atoms. The van der Waals surface area contributed by atoms with E-state index in [1.54, 1.807) is 40.0 Å². The van der Waals surface area contributed by atoms with Crippen LogP contribution in [0, 0.1) is 0 Å². The Bertz CT molecular complexity index is 637. The number of hydrogen-bond acceptors (Lipinski definition) is 6. The van der Waals surface area contributed by atoms with Crippen molar-refractivity contribution in [3.63, 3.8) is 0 Å². The third kappa shape index (κ3) is 8.22. The van der Waals surface area contributed by atoms with Gasteiger partial charge in [-0.25, -0.2) is 9.59 Å². The molecule has 1 atom stereocenters. The van der Waals surface area contributed by atoms with Crippen LogP contribution in [0.25, 0.3) is 0 Å². The molecular weight excluding hydrogens is 342 g/mol. The highest BCUT2D eigenvalue weighted by Gasteiger charge is 2.22. The highest BCUT2D eigenvalue weighted by molar-refractivity contribution is 5.88. The molecule has 1 aromatic carbocycles. The number of nitrogens with two attached hydrogens (primary N) is 1. The van der Waals surface area contributed by atoms with Gasteiger partial charge in [-0.15, -0.1) is 0 Å². The summed E-state index contributed by atoms with van der Waals surface area (Å²) in [4.78, 5) is 27.2. The summed E-state index contributed by atoms with van der Waals surface area (Å²) in [5.41, 5.74) is 6.03. The lowest BCUT2D eigenvalue weighted by Crippen LogP contribution is -2.47. The predicted molar refractivity (Wildman–Crippen MR) is 95.1 cm³/mol. The molecule has 26 heavy (non-hydrogen) atoms. The number of carbonyl (C=O) groups excluding carboxylic acids is 1. The molecule has 1 aromatic rings. The van der Waals surface area contributed by atoms with E-state index in [0.717, 1.165) is 5.56 Å². The van der Waals surface area contributed by atoms with Gasteiger partial charge in [0.15, 0.2) is 5.84 Å². The topological polar surface area (TPSA) is 132 Å². The number of methoxy groups -OCH3 is 1. The second-order valence-corrected chi connectivity index (χ2v) is 6.43. The van der Waals surface area contributed by atoms with Gasteiger partial charge in [-0.1, -0.05) is 17.3 Å². The smallest absolute Gasteiger partial charge is 0.408 e. The molecule has 144 valence electrons. The maximum Gasteiger partial charge on any atom is 0.408 e. The fourth-order valence-corrected chi connectivity index (χ4v) is 1.90. The molecule has 9 heteroatoms. The van der Waals surface area contributed by atoms with Crippen molar-refractivity contribution in [1.82, 2.24) is 5.32 Å². The predicted octanol–water partition coefficient (Wildman–Crippen LogP) is 1.50. The van der Waals surface area contributed by atoms with Crippen LogP contribution in [0.15, 0.2) is 29.4 Å². The van der Waals surface area contributed by atoms with E-state index in [2.05, 4.69) is 15.3 Å². The number of benzene rings is 1. The lowest BCUT2D eigenvalue weighted by molar-refractivity contribution is -0.142. The van der Waals surface area contributed by atoms with Crippen LogP contribution in [0.3, 0.4) is 0 Å². The first-order chi connectivity index (χ1) is 12.1. The molecule has 0 saturated heterocycles. The average Bonchev–Trinajstić information content (AvgIpc) is 2.52. The number of carboxylic acid groups (broad SMARTS) is 1. The zero-order valence-electron chi connectivity index (χ0n) is 15.3. The van der Waals surface area contributed by atoms with Crippen molar-refractivity contribution in [3.05, 3.63) is 29.8 Å². The van der Waals surface area contributed by atoms with Gasteiger partial charge in [0.05, 0.1) is 13.2 Å². The molecule has 1 amide bonds. The van der Waals surface area contributed by atoms with Gasteiger partial charge < -0.3 is 30.5 Å². The van der Waals surface area contributed by atoms with Crippen molar-refractivity contribution < 1.29 is 29.0 Å². The number of oxime groups is 1. The SMILES string of the molecule is COc1ccc(C[C@H](NC(=O)OC(C)(C)C)/C(N)=N/OCC(=O)O)cc1. The summed E-state index contributed by atoms with van der Waals surface area (Å²) in [7, 11) is 1.56. The van der Waals surface area contributed by atoms with Crippen molar-refractivity contribution >= 4 is 17.9 Å². The van der Waals surface area contributed by atoms with Gasteiger partial charge in [0.2, 0.25) is 6.61 Å². The number of amides is 1. The van der Waals surface area contributed by atoms with Gasteiger partial charge in [-0.2, -0.15) is 0 Å². The molecule has 0 unspecified atom stereocenters. The van der Waals surface area contributed by atoms with Crippen LogP contribution in [0.5, 0.6) is 5.75 Å². The average molecular weight is 367 g/mol. The summed E-state index contributed by atoms with van der Waals surface area (Å²) in [5, 5.41) is 14.8. The second kappa shape index (κ2) is 9.50. The zero-order valence-corrected chi connectivity index (χ0v) is 15.3. The van der Waals surface area contributed by atoms with Crippen LogP contribution in [0.1, 0.15) is 26.3 Å². The first kappa shape index (κ1) is 21.1. The fraction of sp³-hybridized carbons (Fsp3) is 0.471. The molecule has 4 N–H and O–H groups in total. The van der Waals surface area contributed by atoms with Gasteiger partial charge in [-0.05, 0) is 38.5 Å². The summed E-state index contributed by atoms with van der Waals surface area (Å²) >= 11 is 0. The van der Waals surface area contributed by atoms with E-state index >= 15 is 0 Å². The Labute approximate surface area is 152 Å². The van der Waals surface area contributed by atoms with Gasteiger partial charge in [0.25, 0.3) is 0 Å². The Morgan fingerprint density at radius 3 is 2.38 bits per heavy atom. The van der Waals surface area contributed by atoms with Crippen LogP contribution in [0.2, 0.25) is 0 Å². The minimum absolute atomic E-state index is 0.0760.